The number of methoxy groups -OCH3 is 1. The van der Waals surface area contributed by atoms with Crippen molar-refractivity contribution >= 4 is 5.97 Å². The maximum atomic E-state index is 10.9. The standard InChI is InChI=1S/C6H13NO3/c1-6(2,4-7-9)5(8)10-3/h7,9H,4H2,1-3H3. The molecule has 0 amide bonds. The molecule has 0 rings (SSSR count). The molecule has 0 spiro atoms. The fraction of sp³-hybridized carbons (Fsp3) is 0.833. The number of hydroxylamine groups is 1. The monoisotopic (exact) mass is 147 g/mol. The van der Waals surface area contributed by atoms with Crippen LogP contribution in [0, 0.1) is 5.41 Å². The van der Waals surface area contributed by atoms with Crippen LogP contribution >= 0.6 is 0 Å². The Kier molecular flexibility index (Phi) is 3.32. The molecule has 0 fully saturated rings. The van der Waals surface area contributed by atoms with Gasteiger partial charge < -0.3 is 9.94 Å². The third kappa shape index (κ3) is 2.33. The van der Waals surface area contributed by atoms with Crippen molar-refractivity contribution in [2.75, 3.05) is 13.7 Å². The van der Waals surface area contributed by atoms with Crippen molar-refractivity contribution in [2.24, 2.45) is 5.41 Å². The fourth-order valence-electron chi connectivity index (χ4n) is 0.546. The number of carbonyl (C=O) groups excluding carboxylic acids is 1. The predicted octanol–water partition coefficient (Wildman–Crippen LogP) is 0.164. The minimum absolute atomic E-state index is 0.194. The first-order valence-corrected chi connectivity index (χ1v) is 3.00. The van der Waals surface area contributed by atoms with E-state index in [4.69, 9.17) is 5.21 Å². The summed E-state index contributed by atoms with van der Waals surface area (Å²) in [5.41, 5.74) is 1.26. The molecule has 0 aromatic heterocycles. The lowest BCUT2D eigenvalue weighted by atomic mass is 9.94. The van der Waals surface area contributed by atoms with Crippen LogP contribution in [0.3, 0.4) is 0 Å². The van der Waals surface area contributed by atoms with Gasteiger partial charge in [0, 0.05) is 6.54 Å². The highest BCUT2D eigenvalue weighted by Crippen LogP contribution is 2.14. The largest absolute Gasteiger partial charge is 0.469 e. The van der Waals surface area contributed by atoms with Crippen LogP contribution in [0.4, 0.5) is 0 Å². The lowest BCUT2D eigenvalue weighted by Gasteiger charge is -2.19. The first-order chi connectivity index (χ1) is 4.54. The summed E-state index contributed by atoms with van der Waals surface area (Å²) in [4.78, 5) is 10.9. The van der Waals surface area contributed by atoms with E-state index in [-0.39, 0.29) is 12.5 Å². The molecule has 10 heavy (non-hydrogen) atoms. The Bertz CT molecular complexity index is 122. The molecule has 0 atom stereocenters. The maximum Gasteiger partial charge on any atom is 0.312 e. The van der Waals surface area contributed by atoms with Crippen molar-refractivity contribution in [3.05, 3.63) is 0 Å². The fourth-order valence-corrected chi connectivity index (χ4v) is 0.546. The smallest absolute Gasteiger partial charge is 0.312 e. The number of esters is 1. The van der Waals surface area contributed by atoms with Crippen LogP contribution in [0.15, 0.2) is 0 Å². The topological polar surface area (TPSA) is 58.6 Å². The first kappa shape index (κ1) is 9.39. The number of rotatable bonds is 3. The van der Waals surface area contributed by atoms with Gasteiger partial charge in [-0.1, -0.05) is 0 Å². The molecule has 0 aliphatic rings. The van der Waals surface area contributed by atoms with Gasteiger partial charge in [-0.3, -0.25) is 4.79 Å². The van der Waals surface area contributed by atoms with E-state index >= 15 is 0 Å². The summed E-state index contributed by atoms with van der Waals surface area (Å²) in [6, 6.07) is 0. The van der Waals surface area contributed by atoms with Gasteiger partial charge in [-0.25, -0.2) is 5.48 Å². The molecule has 4 heteroatoms. The third-order valence-corrected chi connectivity index (χ3v) is 1.26. The molecule has 0 heterocycles. The molecule has 0 unspecified atom stereocenters. The number of hydrogen-bond acceptors (Lipinski definition) is 4. The molecule has 0 saturated carbocycles. The highest BCUT2D eigenvalue weighted by atomic mass is 16.5. The second kappa shape index (κ2) is 3.53. The van der Waals surface area contributed by atoms with E-state index < -0.39 is 5.41 Å². The van der Waals surface area contributed by atoms with Gasteiger partial charge in [0.1, 0.15) is 0 Å². The molecular weight excluding hydrogens is 134 g/mol. The Labute approximate surface area is 60.1 Å². The number of hydrogen-bond donors (Lipinski definition) is 2. The molecule has 60 valence electrons. The van der Waals surface area contributed by atoms with Crippen molar-refractivity contribution in [3.8, 4) is 0 Å². The van der Waals surface area contributed by atoms with Crippen LogP contribution in [-0.2, 0) is 9.53 Å². The van der Waals surface area contributed by atoms with Crippen molar-refractivity contribution in [1.82, 2.24) is 5.48 Å². The van der Waals surface area contributed by atoms with Gasteiger partial charge in [-0.05, 0) is 13.8 Å². The van der Waals surface area contributed by atoms with Crippen LogP contribution in [0.5, 0.6) is 0 Å². The summed E-state index contributed by atoms with van der Waals surface area (Å²) in [6.07, 6.45) is 0. The van der Waals surface area contributed by atoms with E-state index in [0.717, 1.165) is 0 Å². The van der Waals surface area contributed by atoms with Crippen LogP contribution < -0.4 is 5.48 Å². The molecule has 0 bridgehead atoms. The molecule has 0 aliphatic carbocycles. The summed E-state index contributed by atoms with van der Waals surface area (Å²) < 4.78 is 4.48. The Balaban J connectivity index is 3.96. The van der Waals surface area contributed by atoms with Crippen LogP contribution in [0.25, 0.3) is 0 Å². The SMILES string of the molecule is COC(=O)C(C)(C)CNO. The first-order valence-electron chi connectivity index (χ1n) is 3.00. The van der Waals surface area contributed by atoms with Gasteiger partial charge >= 0.3 is 5.97 Å². The summed E-state index contributed by atoms with van der Waals surface area (Å²) in [5, 5.41) is 8.29. The second-order valence-corrected chi connectivity index (χ2v) is 2.71. The average Bonchev–Trinajstić information content (AvgIpc) is 1.86. The molecule has 0 aliphatic heterocycles. The highest BCUT2D eigenvalue weighted by molar-refractivity contribution is 5.75. The van der Waals surface area contributed by atoms with E-state index in [1.807, 2.05) is 5.48 Å². The van der Waals surface area contributed by atoms with Crippen LogP contribution in [-0.4, -0.2) is 24.8 Å². The number of carbonyl (C=O) groups is 1. The lowest BCUT2D eigenvalue weighted by Crippen LogP contribution is -2.35. The predicted molar refractivity (Wildman–Crippen MR) is 35.6 cm³/mol. The van der Waals surface area contributed by atoms with Crippen molar-refractivity contribution in [1.29, 1.82) is 0 Å². The summed E-state index contributed by atoms with van der Waals surface area (Å²) >= 11 is 0. The van der Waals surface area contributed by atoms with Gasteiger partial charge in [-0.15, -0.1) is 0 Å². The van der Waals surface area contributed by atoms with Crippen LogP contribution in [0.2, 0.25) is 0 Å². The van der Waals surface area contributed by atoms with E-state index in [1.54, 1.807) is 13.8 Å². The van der Waals surface area contributed by atoms with Gasteiger partial charge in [0.25, 0.3) is 0 Å². The van der Waals surface area contributed by atoms with Gasteiger partial charge in [0.15, 0.2) is 0 Å². The van der Waals surface area contributed by atoms with E-state index in [1.165, 1.54) is 7.11 Å². The quantitative estimate of drug-likeness (QED) is 0.441. The zero-order chi connectivity index (χ0) is 8.20. The number of ether oxygens (including phenoxy) is 1. The third-order valence-electron chi connectivity index (χ3n) is 1.26. The zero-order valence-corrected chi connectivity index (χ0v) is 6.47. The van der Waals surface area contributed by atoms with E-state index in [9.17, 15) is 4.79 Å². The summed E-state index contributed by atoms with van der Waals surface area (Å²) in [7, 11) is 1.32. The zero-order valence-electron chi connectivity index (χ0n) is 6.47. The minimum Gasteiger partial charge on any atom is -0.469 e. The Morgan fingerprint density at radius 3 is 2.50 bits per heavy atom. The van der Waals surface area contributed by atoms with E-state index in [0.29, 0.717) is 0 Å². The van der Waals surface area contributed by atoms with E-state index in [2.05, 4.69) is 4.74 Å². The van der Waals surface area contributed by atoms with Gasteiger partial charge in [0.2, 0.25) is 0 Å². The lowest BCUT2D eigenvalue weighted by molar-refractivity contribution is -0.151. The molecule has 0 saturated heterocycles. The normalized spacial score (nSPS) is 11.2. The van der Waals surface area contributed by atoms with Gasteiger partial charge in [0.05, 0.1) is 12.5 Å². The highest BCUT2D eigenvalue weighted by Gasteiger charge is 2.27. The van der Waals surface area contributed by atoms with Crippen LogP contribution in [0.1, 0.15) is 13.8 Å². The van der Waals surface area contributed by atoms with Crippen molar-refractivity contribution in [2.45, 2.75) is 13.8 Å². The molecular formula is C6H13NO3. The van der Waals surface area contributed by atoms with Crippen molar-refractivity contribution in [3.63, 3.8) is 0 Å². The molecule has 0 aromatic carbocycles. The summed E-state index contributed by atoms with van der Waals surface area (Å²) in [6.45, 7) is 3.56. The number of nitrogens with one attached hydrogen (secondary N) is 1. The summed E-state index contributed by atoms with van der Waals surface area (Å²) in [5.74, 6) is -0.339. The maximum absolute atomic E-state index is 10.9. The van der Waals surface area contributed by atoms with Gasteiger partial charge in [-0.2, -0.15) is 0 Å². The molecule has 4 nitrogen and oxygen atoms in total. The average molecular weight is 147 g/mol. The molecule has 0 aromatic rings. The molecule has 2 N–H and O–H groups in total. The minimum atomic E-state index is -0.663. The Morgan fingerprint density at radius 2 is 2.20 bits per heavy atom. The molecule has 0 radical (unpaired) electrons. The Hall–Kier alpha value is -0.610. The Morgan fingerprint density at radius 1 is 1.70 bits per heavy atom. The van der Waals surface area contributed by atoms with Crippen molar-refractivity contribution < 1.29 is 14.7 Å². The second-order valence-electron chi connectivity index (χ2n) is 2.71.